The molecule has 0 saturated carbocycles. The van der Waals surface area contributed by atoms with E-state index in [1.54, 1.807) is 12.1 Å². The van der Waals surface area contributed by atoms with Crippen molar-refractivity contribution < 1.29 is 18.7 Å². The van der Waals surface area contributed by atoms with Gasteiger partial charge in [-0.3, -0.25) is 4.79 Å². The topological polar surface area (TPSA) is 59.9 Å². The lowest BCUT2D eigenvalue weighted by atomic mass is 10.2. The van der Waals surface area contributed by atoms with Gasteiger partial charge in [0.15, 0.2) is 18.2 Å². The Balaban J connectivity index is 1.78. The number of hydrogen-bond donors (Lipinski definition) is 1. The Bertz CT molecular complexity index is 672. The van der Waals surface area contributed by atoms with Gasteiger partial charge in [-0.2, -0.15) is 5.10 Å². The van der Waals surface area contributed by atoms with E-state index in [4.69, 9.17) is 9.47 Å². The van der Waals surface area contributed by atoms with Crippen molar-refractivity contribution in [3.05, 3.63) is 59.9 Å². The second kappa shape index (κ2) is 8.53. The van der Waals surface area contributed by atoms with E-state index in [9.17, 15) is 9.18 Å². The van der Waals surface area contributed by atoms with Crippen molar-refractivity contribution in [2.75, 3.05) is 13.2 Å². The Morgan fingerprint density at radius 3 is 2.61 bits per heavy atom. The van der Waals surface area contributed by atoms with Crippen LogP contribution in [0.25, 0.3) is 0 Å². The molecule has 0 aliphatic rings. The average Bonchev–Trinajstić information content (AvgIpc) is 2.56. The average molecular weight is 316 g/mol. The minimum Gasteiger partial charge on any atom is -0.494 e. The maximum atomic E-state index is 13.3. The van der Waals surface area contributed by atoms with Gasteiger partial charge in [0.1, 0.15) is 5.75 Å². The normalized spacial score (nSPS) is 10.5. The summed E-state index contributed by atoms with van der Waals surface area (Å²) in [6.07, 6.45) is 1.50. The van der Waals surface area contributed by atoms with Gasteiger partial charge >= 0.3 is 0 Å². The molecule has 1 N–H and O–H groups in total. The van der Waals surface area contributed by atoms with Crippen LogP contribution in [0, 0.1) is 5.82 Å². The zero-order valence-corrected chi connectivity index (χ0v) is 12.7. The van der Waals surface area contributed by atoms with E-state index in [1.165, 1.54) is 18.3 Å². The highest BCUT2D eigenvalue weighted by molar-refractivity contribution is 5.83. The van der Waals surface area contributed by atoms with Crippen LogP contribution >= 0.6 is 0 Å². The fraction of sp³-hybridized carbons (Fsp3) is 0.176. The third-order valence-electron chi connectivity index (χ3n) is 2.79. The smallest absolute Gasteiger partial charge is 0.277 e. The molecule has 0 aromatic heterocycles. The molecule has 2 aromatic carbocycles. The Morgan fingerprint density at radius 2 is 1.91 bits per heavy atom. The lowest BCUT2D eigenvalue weighted by Gasteiger charge is -2.05. The summed E-state index contributed by atoms with van der Waals surface area (Å²) < 4.78 is 23.7. The fourth-order valence-electron chi connectivity index (χ4n) is 1.73. The number of para-hydroxylation sites is 1. The molecule has 120 valence electrons. The molecule has 5 nitrogen and oxygen atoms in total. The summed E-state index contributed by atoms with van der Waals surface area (Å²) in [5.74, 6) is -0.196. The molecule has 1 amide bonds. The third kappa shape index (κ3) is 5.43. The number of carbonyl (C=O) groups excluding carboxylic acids is 1. The molecule has 0 saturated heterocycles. The van der Waals surface area contributed by atoms with Crippen LogP contribution in [0.5, 0.6) is 11.5 Å². The minimum absolute atomic E-state index is 0.0261. The maximum Gasteiger partial charge on any atom is 0.277 e. The maximum absolute atomic E-state index is 13.3. The first-order valence-electron chi connectivity index (χ1n) is 7.11. The molecule has 0 bridgehead atoms. The number of halogens is 1. The zero-order chi connectivity index (χ0) is 16.5. The van der Waals surface area contributed by atoms with E-state index in [0.717, 1.165) is 11.3 Å². The predicted octanol–water partition coefficient (Wildman–Crippen LogP) is 2.75. The molecule has 0 heterocycles. The lowest BCUT2D eigenvalue weighted by Crippen LogP contribution is -2.24. The van der Waals surface area contributed by atoms with Crippen LogP contribution in [0.1, 0.15) is 12.5 Å². The Hall–Kier alpha value is -2.89. The van der Waals surface area contributed by atoms with Crippen LogP contribution in [0.15, 0.2) is 53.6 Å². The van der Waals surface area contributed by atoms with E-state index in [2.05, 4.69) is 10.5 Å². The summed E-state index contributed by atoms with van der Waals surface area (Å²) >= 11 is 0. The number of nitrogens with zero attached hydrogens (tertiary/aromatic N) is 1. The number of ether oxygens (including phenoxy) is 2. The van der Waals surface area contributed by atoms with Gasteiger partial charge in [0, 0.05) is 0 Å². The second-order valence-electron chi connectivity index (χ2n) is 4.51. The summed E-state index contributed by atoms with van der Waals surface area (Å²) in [5.41, 5.74) is 3.12. The molecule has 23 heavy (non-hydrogen) atoms. The summed E-state index contributed by atoms with van der Waals surface area (Å²) in [5, 5.41) is 3.81. The van der Waals surface area contributed by atoms with Crippen molar-refractivity contribution in [2.45, 2.75) is 6.92 Å². The van der Waals surface area contributed by atoms with Gasteiger partial charge in [-0.05, 0) is 48.9 Å². The van der Waals surface area contributed by atoms with E-state index < -0.39 is 11.7 Å². The molecular weight excluding hydrogens is 299 g/mol. The molecule has 6 heteroatoms. The van der Waals surface area contributed by atoms with Gasteiger partial charge in [0.25, 0.3) is 5.91 Å². The van der Waals surface area contributed by atoms with Crippen molar-refractivity contribution in [1.29, 1.82) is 0 Å². The highest BCUT2D eigenvalue weighted by atomic mass is 19.1. The summed E-state index contributed by atoms with van der Waals surface area (Å²) in [4.78, 5) is 11.6. The Labute approximate surface area is 133 Å². The molecule has 0 fully saturated rings. The number of carbonyl (C=O) groups is 1. The van der Waals surface area contributed by atoms with Crippen molar-refractivity contribution in [3.8, 4) is 11.5 Å². The van der Waals surface area contributed by atoms with E-state index in [1.807, 2.05) is 31.2 Å². The van der Waals surface area contributed by atoms with E-state index >= 15 is 0 Å². The summed E-state index contributed by atoms with van der Waals surface area (Å²) in [6, 6.07) is 13.1. The van der Waals surface area contributed by atoms with Crippen molar-refractivity contribution in [2.24, 2.45) is 5.10 Å². The molecule has 0 aliphatic carbocycles. The van der Waals surface area contributed by atoms with Crippen molar-refractivity contribution in [3.63, 3.8) is 0 Å². The molecule has 0 unspecified atom stereocenters. The van der Waals surface area contributed by atoms with Gasteiger partial charge in [0.2, 0.25) is 0 Å². The fourth-order valence-corrected chi connectivity index (χ4v) is 1.73. The number of hydrazone groups is 1. The highest BCUT2D eigenvalue weighted by Crippen LogP contribution is 2.14. The van der Waals surface area contributed by atoms with Gasteiger partial charge in [-0.15, -0.1) is 0 Å². The summed E-state index contributed by atoms with van der Waals surface area (Å²) in [6.45, 7) is 2.20. The van der Waals surface area contributed by atoms with Crippen LogP contribution in [0.2, 0.25) is 0 Å². The number of rotatable bonds is 7. The standard InChI is InChI=1S/C17H17FN2O3/c1-2-22-14-9-7-13(8-10-14)11-19-20-17(21)12-23-16-6-4-3-5-15(16)18/h3-11H,2,12H2,1H3,(H,20,21)/b19-11-. The Kier molecular flexibility index (Phi) is 6.11. The zero-order valence-electron chi connectivity index (χ0n) is 12.7. The SMILES string of the molecule is CCOc1ccc(/C=N\NC(=O)COc2ccccc2F)cc1. The number of nitrogens with one attached hydrogen (secondary N) is 1. The third-order valence-corrected chi connectivity index (χ3v) is 2.79. The number of benzene rings is 2. The molecule has 0 aliphatic heterocycles. The van der Waals surface area contributed by atoms with Crippen LogP contribution in [-0.2, 0) is 4.79 Å². The first-order valence-corrected chi connectivity index (χ1v) is 7.11. The number of hydrogen-bond acceptors (Lipinski definition) is 4. The van der Waals surface area contributed by atoms with Gasteiger partial charge in [-0.25, -0.2) is 9.82 Å². The monoisotopic (exact) mass is 316 g/mol. The lowest BCUT2D eigenvalue weighted by molar-refractivity contribution is -0.123. The molecule has 2 aromatic rings. The van der Waals surface area contributed by atoms with Gasteiger partial charge in [-0.1, -0.05) is 12.1 Å². The summed E-state index contributed by atoms with van der Waals surface area (Å²) in [7, 11) is 0. The highest BCUT2D eigenvalue weighted by Gasteiger charge is 2.05. The minimum atomic E-state index is -0.516. The van der Waals surface area contributed by atoms with Crippen molar-refractivity contribution >= 4 is 12.1 Å². The van der Waals surface area contributed by atoms with Crippen LogP contribution in [0.4, 0.5) is 4.39 Å². The molecule has 2 rings (SSSR count). The van der Waals surface area contributed by atoms with Gasteiger partial charge in [0.05, 0.1) is 12.8 Å². The van der Waals surface area contributed by atoms with E-state index in [0.29, 0.717) is 6.61 Å². The Morgan fingerprint density at radius 1 is 1.17 bits per heavy atom. The predicted molar refractivity (Wildman–Crippen MR) is 85.2 cm³/mol. The van der Waals surface area contributed by atoms with Crippen LogP contribution in [0.3, 0.4) is 0 Å². The molecule has 0 radical (unpaired) electrons. The number of amides is 1. The first-order chi connectivity index (χ1) is 11.2. The first kappa shape index (κ1) is 16.5. The second-order valence-corrected chi connectivity index (χ2v) is 4.51. The quantitative estimate of drug-likeness (QED) is 0.631. The van der Waals surface area contributed by atoms with Crippen LogP contribution < -0.4 is 14.9 Å². The molecule has 0 atom stereocenters. The molecular formula is C17H17FN2O3. The largest absolute Gasteiger partial charge is 0.494 e. The molecule has 0 spiro atoms. The van der Waals surface area contributed by atoms with Crippen molar-refractivity contribution in [1.82, 2.24) is 5.43 Å². The van der Waals surface area contributed by atoms with Crippen LogP contribution in [-0.4, -0.2) is 25.3 Å². The van der Waals surface area contributed by atoms with E-state index in [-0.39, 0.29) is 12.4 Å². The van der Waals surface area contributed by atoms with Gasteiger partial charge < -0.3 is 9.47 Å².